The van der Waals surface area contributed by atoms with E-state index >= 15 is 0 Å². The first-order valence-corrected chi connectivity index (χ1v) is 6.88. The van der Waals surface area contributed by atoms with Crippen molar-refractivity contribution in [3.8, 4) is 0 Å². The van der Waals surface area contributed by atoms with Crippen molar-refractivity contribution >= 4 is 0 Å². The topological polar surface area (TPSA) is 55.7 Å². The van der Waals surface area contributed by atoms with Gasteiger partial charge in [0.05, 0.1) is 12.2 Å². The Balaban J connectivity index is 1.93. The van der Waals surface area contributed by atoms with Gasteiger partial charge in [-0.3, -0.25) is 4.90 Å². The van der Waals surface area contributed by atoms with E-state index in [2.05, 4.69) is 10.2 Å². The van der Waals surface area contributed by atoms with Crippen molar-refractivity contribution < 1.29 is 10.2 Å². The second-order valence-electron chi connectivity index (χ2n) is 5.92. The van der Waals surface area contributed by atoms with Crippen molar-refractivity contribution in [1.82, 2.24) is 10.2 Å². The van der Waals surface area contributed by atoms with Crippen LogP contribution in [0.25, 0.3) is 0 Å². The fourth-order valence-electron chi connectivity index (χ4n) is 3.52. The highest BCUT2D eigenvalue weighted by atomic mass is 16.3. The van der Waals surface area contributed by atoms with Gasteiger partial charge in [-0.1, -0.05) is 19.3 Å². The highest BCUT2D eigenvalue weighted by molar-refractivity contribution is 4.92. The quantitative estimate of drug-likeness (QED) is 0.659. The molecule has 1 saturated carbocycles. The molecule has 100 valence electrons. The Morgan fingerprint density at radius 2 is 1.71 bits per heavy atom. The van der Waals surface area contributed by atoms with Crippen LogP contribution in [0.3, 0.4) is 0 Å². The van der Waals surface area contributed by atoms with Crippen LogP contribution in [0.2, 0.25) is 0 Å². The minimum Gasteiger partial charge on any atom is -0.389 e. The Kier molecular flexibility index (Phi) is 4.42. The molecule has 1 heterocycles. The van der Waals surface area contributed by atoms with Gasteiger partial charge in [0.1, 0.15) is 0 Å². The zero-order valence-corrected chi connectivity index (χ0v) is 10.9. The first-order valence-electron chi connectivity index (χ1n) is 6.88. The van der Waals surface area contributed by atoms with Crippen molar-refractivity contribution in [2.75, 3.05) is 33.2 Å². The molecular weight excluding hydrogens is 216 g/mol. The van der Waals surface area contributed by atoms with Crippen LogP contribution in [0.15, 0.2) is 0 Å². The standard InChI is InChI=1S/C13H26N2O2/c1-14-9-13(5-3-2-4-6-13)10-15-7-11(16)12(17)8-15/h11-12,14,16-17H,2-10H2,1H3. The number of rotatable bonds is 4. The lowest BCUT2D eigenvalue weighted by Crippen LogP contribution is -2.44. The fraction of sp³-hybridized carbons (Fsp3) is 1.00. The van der Waals surface area contributed by atoms with Crippen LogP contribution in [-0.2, 0) is 0 Å². The third kappa shape index (κ3) is 3.19. The van der Waals surface area contributed by atoms with E-state index in [1.165, 1.54) is 32.1 Å². The smallest absolute Gasteiger partial charge is 0.0938 e. The summed E-state index contributed by atoms with van der Waals surface area (Å²) in [5.74, 6) is 0. The molecule has 0 radical (unpaired) electrons. The summed E-state index contributed by atoms with van der Waals surface area (Å²) < 4.78 is 0. The van der Waals surface area contributed by atoms with Crippen molar-refractivity contribution in [3.63, 3.8) is 0 Å². The average Bonchev–Trinajstić information content (AvgIpc) is 2.59. The molecule has 2 atom stereocenters. The largest absolute Gasteiger partial charge is 0.389 e. The van der Waals surface area contributed by atoms with E-state index in [4.69, 9.17) is 0 Å². The van der Waals surface area contributed by atoms with Crippen molar-refractivity contribution in [1.29, 1.82) is 0 Å². The summed E-state index contributed by atoms with van der Waals surface area (Å²) in [4.78, 5) is 2.23. The second-order valence-corrected chi connectivity index (χ2v) is 5.92. The summed E-state index contributed by atoms with van der Waals surface area (Å²) in [7, 11) is 2.02. The van der Waals surface area contributed by atoms with E-state index < -0.39 is 12.2 Å². The van der Waals surface area contributed by atoms with Crippen LogP contribution in [0.1, 0.15) is 32.1 Å². The fourth-order valence-corrected chi connectivity index (χ4v) is 3.52. The van der Waals surface area contributed by atoms with Gasteiger partial charge >= 0.3 is 0 Å². The predicted molar refractivity (Wildman–Crippen MR) is 67.9 cm³/mol. The SMILES string of the molecule is CNCC1(CN2CC(O)C(O)C2)CCCCC1. The van der Waals surface area contributed by atoms with E-state index in [1.807, 2.05) is 7.05 Å². The summed E-state index contributed by atoms with van der Waals surface area (Å²) >= 11 is 0. The molecule has 2 fully saturated rings. The van der Waals surface area contributed by atoms with Gasteiger partial charge in [0.25, 0.3) is 0 Å². The molecule has 4 heteroatoms. The maximum atomic E-state index is 9.60. The molecule has 2 rings (SSSR count). The van der Waals surface area contributed by atoms with E-state index in [9.17, 15) is 10.2 Å². The number of hydrogen-bond acceptors (Lipinski definition) is 4. The number of likely N-dealkylation sites (tertiary alicyclic amines) is 1. The van der Waals surface area contributed by atoms with Gasteiger partial charge in [-0.05, 0) is 25.3 Å². The van der Waals surface area contributed by atoms with Gasteiger partial charge in [-0.15, -0.1) is 0 Å². The Bertz CT molecular complexity index is 226. The van der Waals surface area contributed by atoms with Crippen molar-refractivity contribution in [2.45, 2.75) is 44.3 Å². The molecule has 3 N–H and O–H groups in total. The van der Waals surface area contributed by atoms with Gasteiger partial charge in [-0.2, -0.15) is 0 Å². The maximum absolute atomic E-state index is 9.60. The molecule has 0 bridgehead atoms. The Hall–Kier alpha value is -0.160. The molecule has 1 aliphatic heterocycles. The summed E-state index contributed by atoms with van der Waals surface area (Å²) in [6, 6.07) is 0. The summed E-state index contributed by atoms with van der Waals surface area (Å²) in [6.07, 6.45) is 5.45. The number of β-amino-alcohol motifs (C(OH)–C–C–N with tert-alkyl or cyclic N) is 2. The molecule has 0 amide bonds. The van der Waals surface area contributed by atoms with Gasteiger partial charge in [-0.25, -0.2) is 0 Å². The molecule has 2 unspecified atom stereocenters. The van der Waals surface area contributed by atoms with Crippen molar-refractivity contribution in [3.05, 3.63) is 0 Å². The van der Waals surface area contributed by atoms with Crippen LogP contribution in [-0.4, -0.2) is 60.5 Å². The zero-order chi connectivity index (χ0) is 12.3. The molecule has 1 saturated heterocycles. The minimum absolute atomic E-state index is 0.358. The number of nitrogens with zero attached hydrogens (tertiary/aromatic N) is 1. The maximum Gasteiger partial charge on any atom is 0.0938 e. The second kappa shape index (κ2) is 5.65. The highest BCUT2D eigenvalue weighted by Crippen LogP contribution is 2.37. The lowest BCUT2D eigenvalue weighted by atomic mass is 9.73. The molecule has 2 aliphatic rings. The molecule has 0 spiro atoms. The summed E-state index contributed by atoms with van der Waals surface area (Å²) in [5.41, 5.74) is 0.358. The van der Waals surface area contributed by atoms with Crippen LogP contribution in [0, 0.1) is 5.41 Å². The molecular formula is C13H26N2O2. The first-order chi connectivity index (χ1) is 8.15. The third-order valence-electron chi connectivity index (χ3n) is 4.36. The average molecular weight is 242 g/mol. The normalized spacial score (nSPS) is 34.1. The molecule has 0 aromatic heterocycles. The summed E-state index contributed by atoms with van der Waals surface area (Å²) in [6.45, 7) is 3.33. The Morgan fingerprint density at radius 1 is 1.12 bits per heavy atom. The van der Waals surface area contributed by atoms with Gasteiger partial charge in [0.15, 0.2) is 0 Å². The van der Waals surface area contributed by atoms with E-state index in [-0.39, 0.29) is 0 Å². The van der Waals surface area contributed by atoms with Crippen LogP contribution >= 0.6 is 0 Å². The minimum atomic E-state index is -0.551. The third-order valence-corrected chi connectivity index (χ3v) is 4.36. The van der Waals surface area contributed by atoms with Gasteiger partial charge in [0, 0.05) is 26.2 Å². The Morgan fingerprint density at radius 3 is 2.24 bits per heavy atom. The number of hydrogen-bond donors (Lipinski definition) is 3. The Labute approximate surface area is 104 Å². The van der Waals surface area contributed by atoms with Gasteiger partial charge < -0.3 is 15.5 Å². The predicted octanol–water partition coefficient (Wildman–Crippen LogP) is 0.194. The van der Waals surface area contributed by atoms with Crippen LogP contribution in [0.4, 0.5) is 0 Å². The number of aliphatic hydroxyl groups is 2. The number of nitrogens with one attached hydrogen (secondary N) is 1. The monoisotopic (exact) mass is 242 g/mol. The first kappa shape index (κ1) is 13.3. The van der Waals surface area contributed by atoms with E-state index in [1.54, 1.807) is 0 Å². The molecule has 17 heavy (non-hydrogen) atoms. The zero-order valence-electron chi connectivity index (χ0n) is 10.9. The van der Waals surface area contributed by atoms with Gasteiger partial charge in [0.2, 0.25) is 0 Å². The highest BCUT2D eigenvalue weighted by Gasteiger charge is 2.37. The van der Waals surface area contributed by atoms with E-state index in [0.717, 1.165) is 13.1 Å². The summed E-state index contributed by atoms with van der Waals surface area (Å²) in [5, 5.41) is 22.5. The number of aliphatic hydroxyl groups excluding tert-OH is 2. The van der Waals surface area contributed by atoms with Crippen LogP contribution < -0.4 is 5.32 Å². The molecule has 0 aromatic carbocycles. The molecule has 1 aliphatic carbocycles. The van der Waals surface area contributed by atoms with E-state index in [0.29, 0.717) is 18.5 Å². The van der Waals surface area contributed by atoms with Crippen LogP contribution in [0.5, 0.6) is 0 Å². The molecule has 0 aromatic rings. The lowest BCUT2D eigenvalue weighted by Gasteiger charge is -2.40. The molecule has 4 nitrogen and oxygen atoms in total. The van der Waals surface area contributed by atoms with Crippen molar-refractivity contribution in [2.24, 2.45) is 5.41 Å². The lowest BCUT2D eigenvalue weighted by molar-refractivity contribution is 0.0572.